The average molecular weight is 248 g/mol. The van der Waals surface area contributed by atoms with E-state index in [4.69, 9.17) is 5.73 Å². The lowest BCUT2D eigenvalue weighted by atomic mass is 9.86. The molecule has 0 heterocycles. The van der Waals surface area contributed by atoms with Gasteiger partial charge in [0.25, 0.3) is 0 Å². The Morgan fingerprint density at radius 1 is 1.17 bits per heavy atom. The second kappa shape index (κ2) is 5.11. The summed E-state index contributed by atoms with van der Waals surface area (Å²) in [6.07, 6.45) is 0. The van der Waals surface area contributed by atoms with E-state index in [0.717, 1.165) is 16.8 Å². The highest BCUT2D eigenvalue weighted by atomic mass is 16.2. The number of aryl methyl sites for hydroxylation is 2. The van der Waals surface area contributed by atoms with Crippen LogP contribution in [0.4, 0.5) is 5.69 Å². The number of nitrogens with two attached hydrogens (primary N) is 1. The van der Waals surface area contributed by atoms with Crippen molar-refractivity contribution < 1.29 is 4.79 Å². The maximum Gasteiger partial charge on any atom is 0.244 e. The van der Waals surface area contributed by atoms with Gasteiger partial charge in [0.1, 0.15) is 0 Å². The molecule has 1 aromatic carbocycles. The molecule has 1 atom stereocenters. The molecule has 2 N–H and O–H groups in total. The van der Waals surface area contributed by atoms with Gasteiger partial charge in [-0.05, 0) is 42.5 Å². The predicted octanol–water partition coefficient (Wildman–Crippen LogP) is 2.64. The quantitative estimate of drug-likeness (QED) is 0.874. The number of carbonyl (C=O) groups excluding carboxylic acids is 1. The maximum atomic E-state index is 12.3. The van der Waals surface area contributed by atoms with Crippen LogP contribution < -0.4 is 10.6 Å². The SMILES string of the molecule is Cc1cc(C)cc(N(C)C(=O)[C@H](N)C(C)(C)C)c1. The van der Waals surface area contributed by atoms with Crippen molar-refractivity contribution >= 4 is 11.6 Å². The van der Waals surface area contributed by atoms with Gasteiger partial charge >= 0.3 is 0 Å². The number of likely N-dealkylation sites (N-methyl/N-ethyl adjacent to an activating group) is 1. The monoisotopic (exact) mass is 248 g/mol. The molecule has 100 valence electrons. The minimum Gasteiger partial charge on any atom is -0.319 e. The van der Waals surface area contributed by atoms with Crippen LogP contribution in [-0.4, -0.2) is 19.0 Å². The zero-order valence-electron chi connectivity index (χ0n) is 12.2. The molecule has 0 bridgehead atoms. The summed E-state index contributed by atoms with van der Waals surface area (Å²) >= 11 is 0. The first-order valence-electron chi connectivity index (χ1n) is 6.24. The van der Waals surface area contributed by atoms with Crippen LogP contribution in [0, 0.1) is 19.3 Å². The van der Waals surface area contributed by atoms with Crippen LogP contribution in [0.3, 0.4) is 0 Å². The van der Waals surface area contributed by atoms with E-state index in [2.05, 4.69) is 6.07 Å². The first kappa shape index (κ1) is 14.7. The predicted molar refractivity (Wildman–Crippen MR) is 76.8 cm³/mol. The Balaban J connectivity index is 3.00. The van der Waals surface area contributed by atoms with E-state index in [0.29, 0.717) is 0 Å². The van der Waals surface area contributed by atoms with Gasteiger partial charge in [0.15, 0.2) is 0 Å². The Morgan fingerprint density at radius 2 is 1.61 bits per heavy atom. The summed E-state index contributed by atoms with van der Waals surface area (Å²) in [4.78, 5) is 14.0. The zero-order valence-corrected chi connectivity index (χ0v) is 12.2. The van der Waals surface area contributed by atoms with Crippen LogP contribution in [0.1, 0.15) is 31.9 Å². The second-order valence-corrected chi connectivity index (χ2v) is 6.09. The molecule has 0 saturated heterocycles. The van der Waals surface area contributed by atoms with Crippen LogP contribution >= 0.6 is 0 Å². The number of hydrogen-bond donors (Lipinski definition) is 1. The Labute approximate surface area is 110 Å². The van der Waals surface area contributed by atoms with Crippen LogP contribution in [0.5, 0.6) is 0 Å². The van der Waals surface area contributed by atoms with Gasteiger partial charge in [-0.15, -0.1) is 0 Å². The van der Waals surface area contributed by atoms with Crippen LogP contribution in [0.15, 0.2) is 18.2 Å². The van der Waals surface area contributed by atoms with E-state index in [9.17, 15) is 4.79 Å². The molecule has 3 heteroatoms. The van der Waals surface area contributed by atoms with Gasteiger partial charge in [-0.3, -0.25) is 4.79 Å². The molecule has 0 aliphatic heterocycles. The van der Waals surface area contributed by atoms with Crippen LogP contribution in [0.2, 0.25) is 0 Å². The third kappa shape index (κ3) is 3.33. The third-order valence-corrected chi connectivity index (χ3v) is 3.12. The number of amides is 1. The third-order valence-electron chi connectivity index (χ3n) is 3.12. The molecular formula is C15H24N2O. The molecule has 0 aromatic heterocycles. The Kier molecular flexibility index (Phi) is 4.17. The first-order valence-corrected chi connectivity index (χ1v) is 6.24. The van der Waals surface area contributed by atoms with Gasteiger partial charge in [0.05, 0.1) is 6.04 Å². The highest BCUT2D eigenvalue weighted by Gasteiger charge is 2.30. The Hall–Kier alpha value is -1.35. The number of carbonyl (C=O) groups is 1. The molecule has 1 amide bonds. The lowest BCUT2D eigenvalue weighted by Gasteiger charge is -2.30. The summed E-state index contributed by atoms with van der Waals surface area (Å²) in [7, 11) is 1.78. The van der Waals surface area contributed by atoms with Crippen molar-refractivity contribution in [1.82, 2.24) is 0 Å². The Bertz CT molecular complexity index is 426. The summed E-state index contributed by atoms with van der Waals surface area (Å²) in [6, 6.07) is 5.59. The summed E-state index contributed by atoms with van der Waals surface area (Å²) in [5.74, 6) is -0.0486. The number of anilines is 1. The van der Waals surface area contributed by atoms with Gasteiger partial charge in [-0.2, -0.15) is 0 Å². The lowest BCUT2D eigenvalue weighted by molar-refractivity contribution is -0.121. The van der Waals surface area contributed by atoms with Crippen molar-refractivity contribution in [1.29, 1.82) is 0 Å². The molecule has 0 spiro atoms. The van der Waals surface area contributed by atoms with Crippen molar-refractivity contribution in [2.45, 2.75) is 40.7 Å². The highest BCUT2D eigenvalue weighted by Crippen LogP contribution is 2.23. The number of benzene rings is 1. The summed E-state index contributed by atoms with van der Waals surface area (Å²) in [6.45, 7) is 9.98. The van der Waals surface area contributed by atoms with E-state index in [1.54, 1.807) is 11.9 Å². The minimum atomic E-state index is -0.497. The number of hydrogen-bond acceptors (Lipinski definition) is 2. The number of rotatable bonds is 2. The van der Waals surface area contributed by atoms with Crippen LogP contribution in [-0.2, 0) is 4.79 Å². The largest absolute Gasteiger partial charge is 0.319 e. The first-order chi connectivity index (χ1) is 8.12. The van der Waals surface area contributed by atoms with Gasteiger partial charge in [-0.25, -0.2) is 0 Å². The van der Waals surface area contributed by atoms with Crippen molar-refractivity contribution in [2.24, 2.45) is 11.1 Å². The zero-order chi connectivity index (χ0) is 14.1. The summed E-state index contributed by atoms with van der Waals surface area (Å²) < 4.78 is 0. The fraction of sp³-hybridized carbons (Fsp3) is 0.533. The normalized spacial score (nSPS) is 13.3. The van der Waals surface area contributed by atoms with Crippen molar-refractivity contribution in [3.8, 4) is 0 Å². The Morgan fingerprint density at radius 3 is 2.00 bits per heavy atom. The molecule has 0 fully saturated rings. The molecule has 0 radical (unpaired) electrons. The van der Waals surface area contributed by atoms with E-state index >= 15 is 0 Å². The van der Waals surface area contributed by atoms with Crippen molar-refractivity contribution in [2.75, 3.05) is 11.9 Å². The summed E-state index contributed by atoms with van der Waals surface area (Å²) in [5, 5.41) is 0. The lowest BCUT2D eigenvalue weighted by Crippen LogP contribution is -2.49. The molecular weight excluding hydrogens is 224 g/mol. The number of nitrogens with zero attached hydrogens (tertiary/aromatic N) is 1. The topological polar surface area (TPSA) is 46.3 Å². The fourth-order valence-electron chi connectivity index (χ4n) is 1.85. The second-order valence-electron chi connectivity index (χ2n) is 6.09. The maximum absolute atomic E-state index is 12.3. The molecule has 1 rings (SSSR count). The average Bonchev–Trinajstić information content (AvgIpc) is 2.23. The van der Waals surface area contributed by atoms with Gasteiger partial charge in [-0.1, -0.05) is 26.8 Å². The van der Waals surface area contributed by atoms with E-state index in [1.165, 1.54) is 0 Å². The van der Waals surface area contributed by atoms with Gasteiger partial charge < -0.3 is 10.6 Å². The van der Waals surface area contributed by atoms with E-state index in [-0.39, 0.29) is 11.3 Å². The highest BCUT2D eigenvalue weighted by molar-refractivity contribution is 5.97. The standard InChI is InChI=1S/C15H24N2O/c1-10-7-11(2)9-12(8-10)17(6)14(18)13(16)15(3,4)5/h7-9,13H,16H2,1-6H3/t13-/m0/s1. The van der Waals surface area contributed by atoms with Crippen molar-refractivity contribution in [3.63, 3.8) is 0 Å². The molecule has 0 unspecified atom stereocenters. The van der Waals surface area contributed by atoms with E-state index < -0.39 is 6.04 Å². The fourth-order valence-corrected chi connectivity index (χ4v) is 1.85. The summed E-state index contributed by atoms with van der Waals surface area (Å²) in [5.41, 5.74) is 8.98. The van der Waals surface area contributed by atoms with Crippen molar-refractivity contribution in [3.05, 3.63) is 29.3 Å². The molecule has 0 saturated carbocycles. The van der Waals surface area contributed by atoms with Gasteiger partial charge in [0.2, 0.25) is 5.91 Å². The smallest absolute Gasteiger partial charge is 0.244 e. The molecule has 18 heavy (non-hydrogen) atoms. The molecule has 0 aliphatic carbocycles. The molecule has 1 aromatic rings. The molecule has 3 nitrogen and oxygen atoms in total. The van der Waals surface area contributed by atoms with Crippen LogP contribution in [0.25, 0.3) is 0 Å². The van der Waals surface area contributed by atoms with E-state index in [1.807, 2.05) is 46.8 Å². The van der Waals surface area contributed by atoms with Gasteiger partial charge in [0, 0.05) is 12.7 Å². The minimum absolute atomic E-state index is 0.0486. The molecule has 0 aliphatic rings.